The second-order valence-electron chi connectivity index (χ2n) is 0.894. The standard InChI is InChI=1S/C3H3ClNS/c4-3-1-6-2-5-3/h1H,2H2. The first kappa shape index (κ1) is 4.47. The molecule has 0 amide bonds. The molecule has 3 heteroatoms. The first-order valence-electron chi connectivity index (χ1n) is 1.54. The van der Waals surface area contributed by atoms with E-state index >= 15 is 0 Å². The van der Waals surface area contributed by atoms with Gasteiger partial charge >= 0.3 is 0 Å². The lowest BCUT2D eigenvalue weighted by atomic mass is 10.9. The third kappa shape index (κ3) is 0.884. The van der Waals surface area contributed by atoms with Crippen molar-refractivity contribution in [3.05, 3.63) is 5.75 Å². The second kappa shape index (κ2) is 1.85. The molecule has 33 valence electrons. The highest BCUT2D eigenvalue weighted by Crippen LogP contribution is 2.16. The lowest BCUT2D eigenvalue weighted by Crippen LogP contribution is -1.70. The molecule has 1 heterocycles. The Hall–Kier alpha value is 0.310. The van der Waals surface area contributed by atoms with Gasteiger partial charge < -0.3 is 0 Å². The largest absolute Gasteiger partial charge is 0.266 e. The van der Waals surface area contributed by atoms with Gasteiger partial charge in [0, 0.05) is 0 Å². The Bertz CT molecular complexity index is 80.9. The SMILES string of the molecule is ClC1=NCS[CH]1. The predicted octanol–water partition coefficient (Wildman–Crippen LogP) is 1.49. The van der Waals surface area contributed by atoms with Gasteiger partial charge in [0.15, 0.2) is 0 Å². The lowest BCUT2D eigenvalue weighted by Gasteiger charge is -1.71. The summed E-state index contributed by atoms with van der Waals surface area (Å²) in [4.78, 5) is 3.83. The summed E-state index contributed by atoms with van der Waals surface area (Å²) < 4.78 is 0. The van der Waals surface area contributed by atoms with Crippen LogP contribution < -0.4 is 0 Å². The zero-order valence-corrected chi connectivity index (χ0v) is 4.59. The zero-order chi connectivity index (χ0) is 4.41. The van der Waals surface area contributed by atoms with Crippen LogP contribution in [0.5, 0.6) is 0 Å². The molecule has 0 atom stereocenters. The number of thioether (sulfide) groups is 1. The molecule has 0 aromatic heterocycles. The first-order chi connectivity index (χ1) is 2.89. The molecule has 6 heavy (non-hydrogen) atoms. The van der Waals surface area contributed by atoms with Crippen LogP contribution in [-0.2, 0) is 0 Å². The van der Waals surface area contributed by atoms with E-state index in [1.54, 1.807) is 11.8 Å². The molecular weight excluding hydrogens is 118 g/mol. The molecule has 0 aliphatic carbocycles. The van der Waals surface area contributed by atoms with E-state index in [9.17, 15) is 0 Å². The number of nitrogens with zero attached hydrogens (tertiary/aromatic N) is 1. The van der Waals surface area contributed by atoms with Crippen LogP contribution in [0.3, 0.4) is 0 Å². The third-order valence-corrected chi connectivity index (χ3v) is 1.50. The maximum Gasteiger partial charge on any atom is 0.116 e. The van der Waals surface area contributed by atoms with Crippen LogP contribution in [0.1, 0.15) is 0 Å². The molecule has 1 aliphatic heterocycles. The van der Waals surface area contributed by atoms with Gasteiger partial charge in [-0.05, 0) is 0 Å². The topological polar surface area (TPSA) is 12.4 Å². The molecule has 0 bridgehead atoms. The molecule has 0 aromatic carbocycles. The summed E-state index contributed by atoms with van der Waals surface area (Å²) in [5.41, 5.74) is 0. The highest BCUT2D eigenvalue weighted by atomic mass is 35.5. The van der Waals surface area contributed by atoms with Crippen molar-refractivity contribution in [1.29, 1.82) is 0 Å². The molecule has 0 aromatic rings. The Balaban J connectivity index is 2.45. The quantitative estimate of drug-likeness (QED) is 0.472. The Kier molecular flexibility index (Phi) is 1.37. The normalized spacial score (nSPS) is 21.2. The maximum atomic E-state index is 5.39. The van der Waals surface area contributed by atoms with Gasteiger partial charge in [-0.1, -0.05) is 11.6 Å². The van der Waals surface area contributed by atoms with Gasteiger partial charge in [0.2, 0.25) is 0 Å². The van der Waals surface area contributed by atoms with Crippen molar-refractivity contribution < 1.29 is 0 Å². The Labute approximate surface area is 45.8 Å². The molecular formula is C3H3ClNS. The predicted molar refractivity (Wildman–Crippen MR) is 30.0 cm³/mol. The lowest BCUT2D eigenvalue weighted by molar-refractivity contribution is 1.42. The van der Waals surface area contributed by atoms with Crippen LogP contribution in [-0.4, -0.2) is 11.0 Å². The van der Waals surface area contributed by atoms with Crippen LogP contribution in [0.2, 0.25) is 0 Å². The van der Waals surface area contributed by atoms with E-state index in [2.05, 4.69) is 4.99 Å². The van der Waals surface area contributed by atoms with E-state index in [1.807, 2.05) is 5.75 Å². The molecule has 0 saturated carbocycles. The van der Waals surface area contributed by atoms with Crippen LogP contribution in [0.15, 0.2) is 4.99 Å². The number of hydrogen-bond acceptors (Lipinski definition) is 2. The Morgan fingerprint density at radius 2 is 2.83 bits per heavy atom. The van der Waals surface area contributed by atoms with E-state index in [1.165, 1.54) is 0 Å². The van der Waals surface area contributed by atoms with Gasteiger partial charge in [-0.25, -0.2) is 0 Å². The van der Waals surface area contributed by atoms with Gasteiger partial charge in [0.1, 0.15) is 5.17 Å². The minimum Gasteiger partial charge on any atom is -0.266 e. The van der Waals surface area contributed by atoms with Crippen LogP contribution in [0, 0.1) is 5.75 Å². The molecule has 0 N–H and O–H groups in total. The summed E-state index contributed by atoms with van der Waals surface area (Å²) in [5.74, 6) is 2.64. The minimum absolute atomic E-state index is 0.639. The molecule has 0 unspecified atom stereocenters. The summed E-state index contributed by atoms with van der Waals surface area (Å²) in [7, 11) is 0. The summed E-state index contributed by atoms with van der Waals surface area (Å²) in [6, 6.07) is 0. The van der Waals surface area contributed by atoms with E-state index in [4.69, 9.17) is 11.6 Å². The number of rotatable bonds is 0. The Morgan fingerprint density at radius 3 is 3.00 bits per heavy atom. The van der Waals surface area contributed by atoms with Gasteiger partial charge in [0.05, 0.1) is 11.6 Å². The summed E-state index contributed by atoms with van der Waals surface area (Å²) >= 11 is 7.01. The monoisotopic (exact) mass is 120 g/mol. The molecule has 0 spiro atoms. The van der Waals surface area contributed by atoms with Gasteiger partial charge in [0.25, 0.3) is 0 Å². The van der Waals surface area contributed by atoms with Crippen molar-refractivity contribution in [3.8, 4) is 0 Å². The second-order valence-corrected chi connectivity index (χ2v) is 2.11. The van der Waals surface area contributed by atoms with Crippen molar-refractivity contribution in [2.24, 2.45) is 4.99 Å². The van der Waals surface area contributed by atoms with Crippen molar-refractivity contribution in [2.45, 2.75) is 0 Å². The van der Waals surface area contributed by atoms with Gasteiger partial charge in [-0.3, -0.25) is 4.99 Å². The van der Waals surface area contributed by atoms with Crippen LogP contribution in [0.25, 0.3) is 0 Å². The maximum absolute atomic E-state index is 5.39. The molecule has 0 saturated heterocycles. The average Bonchev–Trinajstić information content (AvgIpc) is 1.86. The van der Waals surface area contributed by atoms with Gasteiger partial charge in [-0.2, -0.15) is 0 Å². The zero-order valence-electron chi connectivity index (χ0n) is 3.02. The van der Waals surface area contributed by atoms with Crippen molar-refractivity contribution in [1.82, 2.24) is 0 Å². The van der Waals surface area contributed by atoms with E-state index in [0.29, 0.717) is 5.17 Å². The van der Waals surface area contributed by atoms with Crippen LogP contribution in [0.4, 0.5) is 0 Å². The summed E-state index contributed by atoms with van der Waals surface area (Å²) in [6.45, 7) is 0. The van der Waals surface area contributed by atoms with E-state index in [0.717, 1.165) is 5.88 Å². The fraction of sp³-hybridized carbons (Fsp3) is 0.333. The number of hydrogen-bond donors (Lipinski definition) is 0. The van der Waals surface area contributed by atoms with Crippen molar-refractivity contribution >= 4 is 28.5 Å². The summed E-state index contributed by atoms with van der Waals surface area (Å²) in [6.07, 6.45) is 0. The van der Waals surface area contributed by atoms with Crippen LogP contribution >= 0.6 is 23.4 Å². The highest BCUT2D eigenvalue weighted by molar-refractivity contribution is 8.02. The molecule has 1 nitrogen and oxygen atoms in total. The molecule has 1 aliphatic rings. The minimum atomic E-state index is 0.639. The first-order valence-corrected chi connectivity index (χ1v) is 2.97. The molecule has 0 fully saturated rings. The summed E-state index contributed by atoms with van der Waals surface area (Å²) in [5, 5.41) is 0.639. The fourth-order valence-corrected chi connectivity index (χ4v) is 1.06. The fourth-order valence-electron chi connectivity index (χ4n) is 0.242. The number of halogens is 1. The average molecular weight is 121 g/mol. The highest BCUT2D eigenvalue weighted by Gasteiger charge is 2.00. The van der Waals surface area contributed by atoms with E-state index in [-0.39, 0.29) is 0 Å². The van der Waals surface area contributed by atoms with E-state index < -0.39 is 0 Å². The third-order valence-electron chi connectivity index (χ3n) is 0.471. The smallest absolute Gasteiger partial charge is 0.116 e. The number of aliphatic imine (C=N–C) groups is 1. The molecule has 1 rings (SSSR count). The Morgan fingerprint density at radius 1 is 2.00 bits per heavy atom. The molecule has 1 radical (unpaired) electrons. The van der Waals surface area contributed by atoms with Gasteiger partial charge in [-0.15, -0.1) is 11.8 Å². The van der Waals surface area contributed by atoms with Crippen molar-refractivity contribution in [3.63, 3.8) is 0 Å². The van der Waals surface area contributed by atoms with Crippen molar-refractivity contribution in [2.75, 3.05) is 5.88 Å².